The predicted molar refractivity (Wildman–Crippen MR) is 134 cm³/mol. The number of carboxylic acid groups (broad SMARTS) is 1. The predicted octanol–water partition coefficient (Wildman–Crippen LogP) is 4.90. The quantitative estimate of drug-likeness (QED) is 0.439. The van der Waals surface area contributed by atoms with Crippen molar-refractivity contribution in [3.63, 3.8) is 0 Å². The van der Waals surface area contributed by atoms with Crippen LogP contribution in [0.2, 0.25) is 0 Å². The molecule has 0 fully saturated rings. The number of hydrogen-bond acceptors (Lipinski definition) is 5. The van der Waals surface area contributed by atoms with E-state index < -0.39 is 18.2 Å². The van der Waals surface area contributed by atoms with Gasteiger partial charge in [-0.3, -0.25) is 4.79 Å². The molecule has 0 saturated heterocycles. The largest absolute Gasteiger partial charge is 0.573 e. The molecular weight excluding hydrogens is 485 g/mol. The minimum atomic E-state index is -4.81. The van der Waals surface area contributed by atoms with Crippen molar-refractivity contribution in [1.82, 2.24) is 0 Å². The van der Waals surface area contributed by atoms with E-state index >= 15 is 0 Å². The Morgan fingerprint density at radius 2 is 1.49 bits per heavy atom. The lowest BCUT2D eigenvalue weighted by atomic mass is 9.87. The van der Waals surface area contributed by atoms with E-state index in [0.29, 0.717) is 22.5 Å². The van der Waals surface area contributed by atoms with Gasteiger partial charge in [0.1, 0.15) is 11.7 Å². The standard InChI is InChI=1S/C28H29F3N2O4/c1-27(2,3)20-10-6-18(7-11-20)17-33(25(34)26(35)36)21-12-15-24(32(4)5)23(16-21)19-8-13-22(14-9-19)37-28(29,30)31/h6-16H,17H2,1-5H3,(H,35,36)/p-1. The molecule has 37 heavy (non-hydrogen) atoms. The molecule has 0 aromatic heterocycles. The van der Waals surface area contributed by atoms with Crippen molar-refractivity contribution in [3.05, 3.63) is 77.9 Å². The highest BCUT2D eigenvalue weighted by atomic mass is 19.4. The molecule has 0 bridgehead atoms. The second kappa shape index (κ2) is 10.5. The molecule has 0 aliphatic carbocycles. The third kappa shape index (κ3) is 7.03. The second-order valence-electron chi connectivity index (χ2n) is 9.79. The maximum absolute atomic E-state index is 12.6. The van der Waals surface area contributed by atoms with Crippen LogP contribution in [-0.2, 0) is 21.5 Å². The molecule has 3 rings (SSSR count). The first kappa shape index (κ1) is 27.6. The van der Waals surface area contributed by atoms with Gasteiger partial charge in [0.05, 0.1) is 6.54 Å². The molecule has 6 nitrogen and oxygen atoms in total. The monoisotopic (exact) mass is 513 g/mol. The van der Waals surface area contributed by atoms with Crippen LogP contribution in [0.4, 0.5) is 24.5 Å². The lowest BCUT2D eigenvalue weighted by Crippen LogP contribution is -2.44. The number of ether oxygens (including phenoxy) is 1. The highest BCUT2D eigenvalue weighted by Gasteiger charge is 2.31. The van der Waals surface area contributed by atoms with Gasteiger partial charge in [0.25, 0.3) is 5.91 Å². The van der Waals surface area contributed by atoms with Crippen molar-refractivity contribution in [1.29, 1.82) is 0 Å². The Hall–Kier alpha value is -4.01. The molecule has 0 heterocycles. The van der Waals surface area contributed by atoms with E-state index in [1.165, 1.54) is 24.3 Å². The summed E-state index contributed by atoms with van der Waals surface area (Å²) >= 11 is 0. The van der Waals surface area contributed by atoms with Crippen LogP contribution in [0.5, 0.6) is 5.75 Å². The number of carboxylic acids is 1. The number of hydrogen-bond donors (Lipinski definition) is 0. The first-order chi connectivity index (χ1) is 17.2. The maximum atomic E-state index is 12.6. The van der Waals surface area contributed by atoms with Gasteiger partial charge >= 0.3 is 6.36 Å². The molecule has 0 spiro atoms. The fraction of sp³-hybridized carbons (Fsp3) is 0.286. The minimum Gasteiger partial charge on any atom is -0.540 e. The van der Waals surface area contributed by atoms with Crippen LogP contribution < -0.4 is 19.6 Å². The van der Waals surface area contributed by atoms with E-state index in [-0.39, 0.29) is 17.7 Å². The zero-order valence-electron chi connectivity index (χ0n) is 21.2. The zero-order valence-corrected chi connectivity index (χ0v) is 21.2. The van der Waals surface area contributed by atoms with Gasteiger partial charge < -0.3 is 24.4 Å². The van der Waals surface area contributed by atoms with Crippen molar-refractivity contribution in [2.24, 2.45) is 0 Å². The van der Waals surface area contributed by atoms with E-state index in [2.05, 4.69) is 25.5 Å². The number of rotatable bonds is 6. The number of benzene rings is 3. The van der Waals surface area contributed by atoms with Crippen LogP contribution in [0.3, 0.4) is 0 Å². The molecule has 196 valence electrons. The average Bonchev–Trinajstić information content (AvgIpc) is 2.81. The van der Waals surface area contributed by atoms with E-state index in [4.69, 9.17) is 0 Å². The molecule has 3 aromatic rings. The molecule has 0 atom stereocenters. The molecule has 3 aromatic carbocycles. The smallest absolute Gasteiger partial charge is 0.540 e. The summed E-state index contributed by atoms with van der Waals surface area (Å²) in [5.74, 6) is -3.43. The van der Waals surface area contributed by atoms with Crippen molar-refractivity contribution in [2.45, 2.75) is 39.1 Å². The number of carbonyl (C=O) groups is 2. The molecule has 0 N–H and O–H groups in total. The number of halogens is 3. The van der Waals surface area contributed by atoms with Gasteiger partial charge in [0.2, 0.25) is 0 Å². The molecule has 0 unspecified atom stereocenters. The van der Waals surface area contributed by atoms with E-state index in [1.807, 2.05) is 24.3 Å². The summed E-state index contributed by atoms with van der Waals surface area (Å²) < 4.78 is 41.6. The molecule has 0 saturated carbocycles. The van der Waals surface area contributed by atoms with Crippen LogP contribution in [0.15, 0.2) is 66.7 Å². The van der Waals surface area contributed by atoms with E-state index in [9.17, 15) is 27.9 Å². The topological polar surface area (TPSA) is 72.9 Å². The van der Waals surface area contributed by atoms with Crippen LogP contribution >= 0.6 is 0 Å². The number of carbonyl (C=O) groups excluding carboxylic acids is 2. The molecular formula is C28H28F3N2O4-. The number of aliphatic carboxylic acids is 1. The second-order valence-corrected chi connectivity index (χ2v) is 9.79. The Morgan fingerprint density at radius 3 is 1.97 bits per heavy atom. The molecule has 0 aliphatic heterocycles. The molecule has 9 heteroatoms. The zero-order chi connectivity index (χ0) is 27.5. The first-order valence-corrected chi connectivity index (χ1v) is 11.5. The summed E-state index contributed by atoms with van der Waals surface area (Å²) in [6, 6.07) is 17.8. The van der Waals surface area contributed by atoms with Gasteiger partial charge in [0.15, 0.2) is 0 Å². The van der Waals surface area contributed by atoms with Crippen molar-refractivity contribution >= 4 is 23.3 Å². The number of anilines is 2. The van der Waals surface area contributed by atoms with Crippen molar-refractivity contribution < 1.29 is 32.6 Å². The molecule has 1 amide bonds. The van der Waals surface area contributed by atoms with Gasteiger partial charge in [-0.25, -0.2) is 0 Å². The summed E-state index contributed by atoms with van der Waals surface area (Å²) in [5.41, 5.74) is 3.88. The summed E-state index contributed by atoms with van der Waals surface area (Å²) in [7, 11) is 3.58. The highest BCUT2D eigenvalue weighted by Crippen LogP contribution is 2.36. The van der Waals surface area contributed by atoms with Crippen LogP contribution in [0.1, 0.15) is 31.9 Å². The fourth-order valence-corrected chi connectivity index (χ4v) is 3.83. The number of alkyl halides is 3. The maximum Gasteiger partial charge on any atom is 0.573 e. The number of amides is 1. The van der Waals surface area contributed by atoms with Gasteiger partial charge in [0, 0.05) is 31.0 Å². The van der Waals surface area contributed by atoms with Gasteiger partial charge in [-0.1, -0.05) is 57.2 Å². The SMILES string of the molecule is CN(C)c1ccc(N(Cc2ccc(C(C)(C)C)cc2)C(=O)C(=O)[O-])cc1-c1ccc(OC(F)(F)F)cc1. The Kier molecular flexibility index (Phi) is 7.86. The Balaban J connectivity index is 2.03. The van der Waals surface area contributed by atoms with Gasteiger partial charge in [-0.05, 0) is 52.4 Å². The van der Waals surface area contributed by atoms with Gasteiger partial charge in [-0.15, -0.1) is 13.2 Å². The lowest BCUT2D eigenvalue weighted by Gasteiger charge is -2.26. The fourth-order valence-electron chi connectivity index (χ4n) is 3.83. The summed E-state index contributed by atoms with van der Waals surface area (Å²) in [5, 5.41) is 11.6. The average molecular weight is 514 g/mol. The minimum absolute atomic E-state index is 0.0175. The third-order valence-electron chi connectivity index (χ3n) is 5.75. The third-order valence-corrected chi connectivity index (χ3v) is 5.75. The summed E-state index contributed by atoms with van der Waals surface area (Å²) in [6.07, 6.45) is -4.81. The Bertz CT molecular complexity index is 1260. The van der Waals surface area contributed by atoms with Gasteiger partial charge in [-0.2, -0.15) is 0 Å². The summed E-state index contributed by atoms with van der Waals surface area (Å²) in [4.78, 5) is 27.1. The summed E-state index contributed by atoms with van der Waals surface area (Å²) in [6.45, 7) is 6.20. The van der Waals surface area contributed by atoms with E-state index in [0.717, 1.165) is 16.0 Å². The van der Waals surface area contributed by atoms with Crippen LogP contribution in [0, 0.1) is 0 Å². The highest BCUT2D eigenvalue weighted by molar-refractivity contribution is 6.36. The van der Waals surface area contributed by atoms with Crippen LogP contribution in [0.25, 0.3) is 11.1 Å². The van der Waals surface area contributed by atoms with Crippen LogP contribution in [-0.4, -0.2) is 32.3 Å². The first-order valence-electron chi connectivity index (χ1n) is 11.5. The van der Waals surface area contributed by atoms with Crippen molar-refractivity contribution in [2.75, 3.05) is 23.9 Å². The van der Waals surface area contributed by atoms with Crippen molar-refractivity contribution in [3.8, 4) is 16.9 Å². The Labute approximate surface area is 213 Å². The molecule has 0 aliphatic rings. The Morgan fingerprint density at radius 1 is 0.892 bits per heavy atom. The normalized spacial score (nSPS) is 11.7. The van der Waals surface area contributed by atoms with E-state index in [1.54, 1.807) is 37.2 Å². The lowest BCUT2D eigenvalue weighted by molar-refractivity contribution is -0.300. The number of nitrogens with zero attached hydrogens (tertiary/aromatic N) is 2. The molecule has 0 radical (unpaired) electrons.